The van der Waals surface area contributed by atoms with Crippen LogP contribution in [0.3, 0.4) is 0 Å². The van der Waals surface area contributed by atoms with Crippen molar-refractivity contribution in [1.82, 2.24) is 29.6 Å². The summed E-state index contributed by atoms with van der Waals surface area (Å²) in [6, 6.07) is 0.0859. The normalized spacial score (nSPS) is 21.8. The number of fused-ring (bicyclic) bond motifs is 2. The van der Waals surface area contributed by atoms with Gasteiger partial charge in [-0.05, 0) is 57.9 Å². The third-order valence-corrected chi connectivity index (χ3v) is 9.18. The largest absolute Gasteiger partial charge is 0.356 e. The van der Waals surface area contributed by atoms with E-state index in [2.05, 4.69) is 48.4 Å². The SMILES string of the molecule is Cc1sc2ncnc(N3CCC(C(=O)N4CCCC4c4nnc5n4CCCCC5)CC3)c2c1C. The fourth-order valence-corrected chi connectivity index (χ4v) is 7.02. The van der Waals surface area contributed by atoms with Crippen molar-refractivity contribution in [2.24, 2.45) is 5.92 Å². The van der Waals surface area contributed by atoms with Gasteiger partial charge in [-0.3, -0.25) is 4.79 Å². The zero-order valence-electron chi connectivity index (χ0n) is 20.2. The lowest BCUT2D eigenvalue weighted by Crippen LogP contribution is -2.43. The summed E-state index contributed by atoms with van der Waals surface area (Å²) in [5.74, 6) is 3.54. The van der Waals surface area contributed by atoms with Gasteiger partial charge < -0.3 is 14.4 Å². The molecule has 6 heterocycles. The molecule has 6 rings (SSSR count). The van der Waals surface area contributed by atoms with Gasteiger partial charge in [0, 0.05) is 43.4 Å². The third-order valence-electron chi connectivity index (χ3n) is 8.06. The number of hydrogen-bond acceptors (Lipinski definition) is 7. The van der Waals surface area contributed by atoms with Crippen molar-refractivity contribution in [3.63, 3.8) is 0 Å². The van der Waals surface area contributed by atoms with Gasteiger partial charge in [0.15, 0.2) is 5.82 Å². The maximum Gasteiger partial charge on any atom is 0.226 e. The maximum absolute atomic E-state index is 13.7. The van der Waals surface area contributed by atoms with Crippen molar-refractivity contribution in [1.29, 1.82) is 0 Å². The number of nitrogens with zero attached hydrogens (tertiary/aromatic N) is 7. The number of thiophene rings is 1. The Morgan fingerprint density at radius 3 is 2.68 bits per heavy atom. The Kier molecular flexibility index (Phi) is 5.75. The van der Waals surface area contributed by atoms with E-state index in [1.54, 1.807) is 17.7 Å². The summed E-state index contributed by atoms with van der Waals surface area (Å²) in [6.07, 6.45) is 10.1. The molecule has 1 atom stereocenters. The molecule has 1 unspecified atom stereocenters. The van der Waals surface area contributed by atoms with Gasteiger partial charge in [0.05, 0.1) is 11.4 Å². The first-order valence-corrected chi connectivity index (χ1v) is 13.6. The lowest BCUT2D eigenvalue weighted by molar-refractivity contribution is -0.137. The molecular weight excluding hydrogens is 446 g/mol. The topological polar surface area (TPSA) is 80.0 Å². The predicted molar refractivity (Wildman–Crippen MR) is 133 cm³/mol. The predicted octanol–water partition coefficient (Wildman–Crippen LogP) is 4.21. The third kappa shape index (κ3) is 3.68. The van der Waals surface area contributed by atoms with Crippen LogP contribution in [0.1, 0.15) is 73.1 Å². The van der Waals surface area contributed by atoms with Gasteiger partial charge in [-0.2, -0.15) is 0 Å². The maximum atomic E-state index is 13.7. The summed E-state index contributed by atoms with van der Waals surface area (Å²) in [5.41, 5.74) is 1.28. The first-order chi connectivity index (χ1) is 16.6. The first kappa shape index (κ1) is 21.9. The summed E-state index contributed by atoms with van der Waals surface area (Å²) in [5, 5.41) is 10.3. The Bertz CT molecular complexity index is 1210. The molecular formula is C25H33N7OS. The highest BCUT2D eigenvalue weighted by atomic mass is 32.1. The minimum Gasteiger partial charge on any atom is -0.356 e. The summed E-state index contributed by atoms with van der Waals surface area (Å²) in [6.45, 7) is 7.85. The zero-order valence-corrected chi connectivity index (χ0v) is 21.0. The molecule has 0 radical (unpaired) electrons. The fourth-order valence-electron chi connectivity index (χ4n) is 6.03. The van der Waals surface area contributed by atoms with Gasteiger partial charge in [-0.25, -0.2) is 9.97 Å². The highest BCUT2D eigenvalue weighted by Crippen LogP contribution is 2.38. The highest BCUT2D eigenvalue weighted by Gasteiger charge is 2.38. The molecule has 9 heteroatoms. The Hall–Kier alpha value is -2.55. The zero-order chi connectivity index (χ0) is 23.2. The van der Waals surface area contributed by atoms with Crippen LogP contribution < -0.4 is 4.90 Å². The van der Waals surface area contributed by atoms with Crippen LogP contribution in [-0.2, 0) is 17.8 Å². The van der Waals surface area contributed by atoms with Gasteiger partial charge >= 0.3 is 0 Å². The Balaban J connectivity index is 1.17. The Labute approximate surface area is 204 Å². The number of carbonyl (C=O) groups is 1. The van der Waals surface area contributed by atoms with Crippen molar-refractivity contribution in [3.05, 3.63) is 28.4 Å². The molecule has 1 amide bonds. The molecule has 3 aromatic rings. The number of piperidine rings is 1. The van der Waals surface area contributed by atoms with Crippen molar-refractivity contribution >= 4 is 33.3 Å². The van der Waals surface area contributed by atoms with Gasteiger partial charge in [0.1, 0.15) is 22.8 Å². The minimum atomic E-state index is 0.0750. The monoisotopic (exact) mass is 479 g/mol. The molecule has 3 aliphatic heterocycles. The number of hydrogen-bond donors (Lipinski definition) is 0. The molecule has 0 spiro atoms. The first-order valence-electron chi connectivity index (χ1n) is 12.8. The van der Waals surface area contributed by atoms with Crippen molar-refractivity contribution in [2.45, 2.75) is 77.8 Å². The number of carbonyl (C=O) groups excluding carboxylic acids is 1. The fraction of sp³-hybridized carbons (Fsp3) is 0.640. The van der Waals surface area contributed by atoms with Crippen molar-refractivity contribution < 1.29 is 4.79 Å². The Morgan fingerprint density at radius 1 is 0.971 bits per heavy atom. The van der Waals surface area contributed by atoms with Crippen molar-refractivity contribution in [3.8, 4) is 0 Å². The van der Waals surface area contributed by atoms with Gasteiger partial charge in [0.25, 0.3) is 0 Å². The second-order valence-electron chi connectivity index (χ2n) is 10.0. The number of rotatable bonds is 3. The number of aryl methyl sites for hydroxylation is 3. The second-order valence-corrected chi connectivity index (χ2v) is 11.3. The van der Waals surface area contributed by atoms with E-state index >= 15 is 0 Å². The van der Waals surface area contributed by atoms with E-state index in [1.807, 2.05) is 0 Å². The summed E-state index contributed by atoms with van der Waals surface area (Å²) < 4.78 is 2.32. The van der Waals surface area contributed by atoms with Gasteiger partial charge in [-0.1, -0.05) is 6.42 Å². The quantitative estimate of drug-likeness (QED) is 0.560. The second kappa shape index (κ2) is 8.91. The van der Waals surface area contributed by atoms with Crippen LogP contribution in [0.4, 0.5) is 5.82 Å². The Morgan fingerprint density at radius 2 is 1.82 bits per heavy atom. The lowest BCUT2D eigenvalue weighted by atomic mass is 9.94. The van der Waals surface area contributed by atoms with E-state index in [1.165, 1.54) is 35.1 Å². The van der Waals surface area contributed by atoms with Gasteiger partial charge in [0.2, 0.25) is 5.91 Å². The molecule has 0 N–H and O–H groups in total. The lowest BCUT2D eigenvalue weighted by Gasteiger charge is -2.35. The molecule has 3 aromatic heterocycles. The highest BCUT2D eigenvalue weighted by molar-refractivity contribution is 7.18. The molecule has 0 aromatic carbocycles. The van der Waals surface area contributed by atoms with Gasteiger partial charge in [-0.15, -0.1) is 21.5 Å². The smallest absolute Gasteiger partial charge is 0.226 e. The average molecular weight is 480 g/mol. The summed E-state index contributed by atoms with van der Waals surface area (Å²) in [7, 11) is 0. The van der Waals surface area contributed by atoms with Crippen LogP contribution in [0.5, 0.6) is 0 Å². The van der Waals surface area contributed by atoms with Crippen LogP contribution >= 0.6 is 11.3 Å². The van der Waals surface area contributed by atoms with E-state index in [-0.39, 0.29) is 12.0 Å². The standard InChI is InChI=1S/C25H33N7OS/c1-16-17(2)34-24-21(16)23(26-15-27-24)30-13-9-18(10-14-30)25(33)31-12-6-7-19(31)22-29-28-20-8-4-3-5-11-32(20)22/h15,18-19H,3-14H2,1-2H3. The molecule has 34 heavy (non-hydrogen) atoms. The average Bonchev–Trinajstić information content (AvgIpc) is 3.52. The molecule has 0 aliphatic carbocycles. The molecule has 0 bridgehead atoms. The van der Waals surface area contributed by atoms with E-state index in [9.17, 15) is 4.79 Å². The number of aromatic nitrogens is 5. The summed E-state index contributed by atoms with van der Waals surface area (Å²) >= 11 is 1.74. The molecule has 8 nitrogen and oxygen atoms in total. The molecule has 0 saturated carbocycles. The number of anilines is 1. The summed E-state index contributed by atoms with van der Waals surface area (Å²) in [4.78, 5) is 29.7. The van der Waals surface area contributed by atoms with Crippen molar-refractivity contribution in [2.75, 3.05) is 24.5 Å². The van der Waals surface area contributed by atoms with Crippen LogP contribution in [-0.4, -0.2) is 55.2 Å². The number of amides is 1. The van der Waals surface area contributed by atoms with E-state index in [0.717, 1.165) is 80.6 Å². The van der Waals surface area contributed by atoms with E-state index in [0.29, 0.717) is 5.91 Å². The van der Waals surface area contributed by atoms with Crippen LogP contribution in [0.2, 0.25) is 0 Å². The van der Waals surface area contributed by atoms with E-state index < -0.39 is 0 Å². The molecule has 3 aliphatic rings. The van der Waals surface area contributed by atoms with E-state index in [4.69, 9.17) is 0 Å². The number of likely N-dealkylation sites (tertiary alicyclic amines) is 1. The molecule has 2 saturated heterocycles. The van der Waals surface area contributed by atoms with Crippen LogP contribution in [0, 0.1) is 19.8 Å². The van der Waals surface area contributed by atoms with Crippen LogP contribution in [0.15, 0.2) is 6.33 Å². The minimum absolute atomic E-state index is 0.0750. The molecule has 180 valence electrons. The molecule has 2 fully saturated rings. The van der Waals surface area contributed by atoms with Crippen LogP contribution in [0.25, 0.3) is 10.2 Å².